The van der Waals surface area contributed by atoms with Crippen LogP contribution in [-0.2, 0) is 13.5 Å². The molecule has 0 aliphatic carbocycles. The molecule has 5 heteroatoms. The fourth-order valence-electron chi connectivity index (χ4n) is 2.70. The van der Waals surface area contributed by atoms with Gasteiger partial charge in [0.2, 0.25) is 0 Å². The first-order chi connectivity index (χ1) is 9.58. The van der Waals surface area contributed by atoms with E-state index in [1.807, 2.05) is 31.4 Å². The number of rotatable bonds is 2. The Labute approximate surface area is 126 Å². The molecule has 1 N–H and O–H groups in total. The van der Waals surface area contributed by atoms with Crippen LogP contribution < -0.4 is 4.74 Å². The van der Waals surface area contributed by atoms with Gasteiger partial charge in [0.05, 0.1) is 11.8 Å². The van der Waals surface area contributed by atoms with E-state index in [2.05, 4.69) is 28.0 Å². The topological polar surface area (TPSA) is 47.3 Å². The Morgan fingerprint density at radius 2 is 2.25 bits per heavy atom. The summed E-state index contributed by atoms with van der Waals surface area (Å²) < 4.78 is 8.84. The molecule has 106 valence electrons. The van der Waals surface area contributed by atoms with Crippen LogP contribution in [0.15, 0.2) is 28.9 Å². The van der Waals surface area contributed by atoms with Crippen molar-refractivity contribution in [1.82, 2.24) is 9.78 Å². The molecule has 1 aromatic carbocycles. The Balaban J connectivity index is 1.98. The molecule has 0 amide bonds. The summed E-state index contributed by atoms with van der Waals surface area (Å²) in [5.74, 6) is 0.744. The van der Waals surface area contributed by atoms with Crippen molar-refractivity contribution in [3.63, 3.8) is 0 Å². The first kappa shape index (κ1) is 13.6. The van der Waals surface area contributed by atoms with Crippen LogP contribution in [0.4, 0.5) is 0 Å². The predicted molar refractivity (Wildman–Crippen MR) is 79.7 cm³/mol. The van der Waals surface area contributed by atoms with Crippen LogP contribution in [0.5, 0.6) is 5.75 Å². The third-order valence-corrected chi connectivity index (χ3v) is 4.15. The van der Waals surface area contributed by atoms with Gasteiger partial charge in [0.15, 0.2) is 0 Å². The zero-order valence-corrected chi connectivity index (χ0v) is 13.1. The number of aryl methyl sites for hydroxylation is 2. The first-order valence-electron chi connectivity index (χ1n) is 6.75. The van der Waals surface area contributed by atoms with Crippen molar-refractivity contribution >= 4 is 15.9 Å². The Morgan fingerprint density at radius 1 is 1.45 bits per heavy atom. The Kier molecular flexibility index (Phi) is 3.56. The van der Waals surface area contributed by atoms with E-state index in [1.54, 1.807) is 4.68 Å². The highest BCUT2D eigenvalue weighted by atomic mass is 79.9. The summed E-state index contributed by atoms with van der Waals surface area (Å²) in [5.41, 5.74) is 2.95. The molecule has 1 aromatic heterocycles. The van der Waals surface area contributed by atoms with Crippen LogP contribution in [0.25, 0.3) is 0 Å². The molecule has 1 aliphatic rings. The van der Waals surface area contributed by atoms with Crippen LogP contribution in [0.3, 0.4) is 0 Å². The van der Waals surface area contributed by atoms with Crippen LogP contribution in [0.2, 0.25) is 0 Å². The van der Waals surface area contributed by atoms with Gasteiger partial charge in [0, 0.05) is 35.3 Å². The highest BCUT2D eigenvalue weighted by molar-refractivity contribution is 9.10. The van der Waals surface area contributed by atoms with Gasteiger partial charge in [-0.1, -0.05) is 28.9 Å². The average Bonchev–Trinajstić information content (AvgIpc) is 2.79. The van der Waals surface area contributed by atoms with E-state index in [0.29, 0.717) is 6.42 Å². The molecule has 0 bridgehead atoms. The van der Waals surface area contributed by atoms with Gasteiger partial charge < -0.3 is 9.84 Å². The highest BCUT2D eigenvalue weighted by Crippen LogP contribution is 2.42. The van der Waals surface area contributed by atoms with Gasteiger partial charge in [-0.2, -0.15) is 5.10 Å². The lowest BCUT2D eigenvalue weighted by Gasteiger charge is -2.29. The minimum absolute atomic E-state index is 0.143. The number of aliphatic hydroxyl groups is 1. The lowest BCUT2D eigenvalue weighted by atomic mass is 9.95. The van der Waals surface area contributed by atoms with Gasteiger partial charge in [-0.3, -0.25) is 4.68 Å². The highest BCUT2D eigenvalue weighted by Gasteiger charge is 2.30. The lowest BCUT2D eigenvalue weighted by Crippen LogP contribution is -2.19. The summed E-state index contributed by atoms with van der Waals surface area (Å²) >= 11 is 3.44. The van der Waals surface area contributed by atoms with Gasteiger partial charge in [-0.05, 0) is 18.6 Å². The average molecular weight is 337 g/mol. The summed E-state index contributed by atoms with van der Waals surface area (Å²) in [4.78, 5) is 0. The zero-order valence-electron chi connectivity index (χ0n) is 11.5. The molecule has 2 atom stereocenters. The number of halogens is 1. The van der Waals surface area contributed by atoms with Crippen LogP contribution in [0, 0.1) is 0 Å². The van der Waals surface area contributed by atoms with Crippen LogP contribution in [-0.4, -0.2) is 14.9 Å². The maximum Gasteiger partial charge on any atom is 0.130 e. The normalized spacial score (nSPS) is 21.4. The number of hydrogen-bond donors (Lipinski definition) is 1. The summed E-state index contributed by atoms with van der Waals surface area (Å²) in [6.45, 7) is 2.08. The smallest absolute Gasteiger partial charge is 0.130 e. The number of ether oxygens (including phenoxy) is 1. The van der Waals surface area contributed by atoms with E-state index in [1.165, 1.54) is 0 Å². The van der Waals surface area contributed by atoms with Gasteiger partial charge in [-0.15, -0.1) is 0 Å². The van der Waals surface area contributed by atoms with Gasteiger partial charge in [0.25, 0.3) is 0 Å². The molecule has 20 heavy (non-hydrogen) atoms. The molecule has 0 saturated carbocycles. The molecule has 0 spiro atoms. The molecule has 0 saturated heterocycles. The quantitative estimate of drug-likeness (QED) is 0.915. The Bertz CT molecular complexity index is 639. The molecule has 2 aromatic rings. The van der Waals surface area contributed by atoms with Gasteiger partial charge in [0.1, 0.15) is 11.9 Å². The fraction of sp³-hybridized carbons (Fsp3) is 0.400. The number of fused-ring (bicyclic) bond motifs is 1. The Hall–Kier alpha value is -1.33. The Morgan fingerprint density at radius 3 is 3.00 bits per heavy atom. The minimum atomic E-state index is -0.498. The molecular formula is C15H17BrN2O2. The summed E-state index contributed by atoms with van der Waals surface area (Å²) in [6, 6.07) is 5.74. The summed E-state index contributed by atoms with van der Waals surface area (Å²) in [5, 5.41) is 14.8. The molecular weight excluding hydrogens is 320 g/mol. The van der Waals surface area contributed by atoms with Crippen molar-refractivity contribution < 1.29 is 9.84 Å². The molecule has 3 rings (SSSR count). The molecule has 2 heterocycles. The SMILES string of the molecule is CCc1nn(C)cc1C1C[C@@H](O)c2ccc(Br)cc2O1. The van der Waals surface area contributed by atoms with Gasteiger partial charge >= 0.3 is 0 Å². The number of aliphatic hydroxyl groups excluding tert-OH is 1. The maximum atomic E-state index is 10.3. The van der Waals surface area contributed by atoms with E-state index in [9.17, 15) is 5.11 Å². The summed E-state index contributed by atoms with van der Waals surface area (Å²) in [7, 11) is 1.91. The minimum Gasteiger partial charge on any atom is -0.485 e. The molecule has 1 aliphatic heterocycles. The zero-order chi connectivity index (χ0) is 14.3. The number of aromatic nitrogens is 2. The van der Waals surface area contributed by atoms with E-state index in [-0.39, 0.29) is 6.10 Å². The second kappa shape index (κ2) is 5.22. The maximum absolute atomic E-state index is 10.3. The number of nitrogens with zero attached hydrogens (tertiary/aromatic N) is 2. The predicted octanol–water partition coefficient (Wildman–Crippen LogP) is 3.30. The fourth-order valence-corrected chi connectivity index (χ4v) is 3.04. The molecule has 4 nitrogen and oxygen atoms in total. The van der Waals surface area contributed by atoms with Crippen molar-refractivity contribution in [2.45, 2.75) is 32.0 Å². The van der Waals surface area contributed by atoms with Crippen molar-refractivity contribution in [3.05, 3.63) is 45.7 Å². The van der Waals surface area contributed by atoms with Crippen molar-refractivity contribution in [2.75, 3.05) is 0 Å². The van der Waals surface area contributed by atoms with Crippen molar-refractivity contribution in [3.8, 4) is 5.75 Å². The van der Waals surface area contributed by atoms with Crippen LogP contribution in [0.1, 0.15) is 42.4 Å². The largest absolute Gasteiger partial charge is 0.485 e. The van der Waals surface area contributed by atoms with Crippen molar-refractivity contribution in [2.24, 2.45) is 7.05 Å². The lowest BCUT2D eigenvalue weighted by molar-refractivity contribution is 0.0652. The van der Waals surface area contributed by atoms with E-state index >= 15 is 0 Å². The van der Waals surface area contributed by atoms with E-state index in [0.717, 1.165) is 33.5 Å². The first-order valence-corrected chi connectivity index (χ1v) is 7.54. The molecule has 1 unspecified atom stereocenters. The monoisotopic (exact) mass is 336 g/mol. The summed E-state index contributed by atoms with van der Waals surface area (Å²) in [6.07, 6.45) is 2.77. The number of benzene rings is 1. The second-order valence-corrected chi connectivity index (χ2v) is 6.01. The van der Waals surface area contributed by atoms with Gasteiger partial charge in [-0.25, -0.2) is 0 Å². The second-order valence-electron chi connectivity index (χ2n) is 5.10. The third-order valence-electron chi connectivity index (χ3n) is 3.66. The number of hydrogen-bond acceptors (Lipinski definition) is 3. The van der Waals surface area contributed by atoms with Crippen molar-refractivity contribution in [1.29, 1.82) is 0 Å². The third kappa shape index (κ3) is 2.36. The van der Waals surface area contributed by atoms with E-state index in [4.69, 9.17) is 4.74 Å². The van der Waals surface area contributed by atoms with Crippen LogP contribution >= 0.6 is 15.9 Å². The standard InChI is InChI=1S/C15H17BrN2O2/c1-3-12-11(8-18(2)17-12)15-7-13(19)10-5-4-9(16)6-14(10)20-15/h4-6,8,13,15,19H,3,7H2,1-2H3/t13-,15?/m1/s1. The van der Waals surface area contributed by atoms with E-state index < -0.39 is 6.10 Å². The molecule has 0 fully saturated rings. The molecule has 0 radical (unpaired) electrons.